The van der Waals surface area contributed by atoms with Crippen LogP contribution < -0.4 is 10.2 Å². The molecular formula is C18H30N2. The molecular weight excluding hydrogens is 244 g/mol. The quantitative estimate of drug-likeness (QED) is 0.844. The third-order valence-electron chi connectivity index (χ3n) is 4.63. The maximum atomic E-state index is 3.72. The molecule has 2 nitrogen and oxygen atoms in total. The molecule has 1 atom stereocenters. The minimum absolute atomic E-state index is 0.631. The summed E-state index contributed by atoms with van der Waals surface area (Å²) in [5, 5.41) is 3.72. The van der Waals surface area contributed by atoms with Crippen molar-refractivity contribution in [3.05, 3.63) is 29.8 Å². The minimum Gasteiger partial charge on any atom is -0.373 e. The van der Waals surface area contributed by atoms with Crippen molar-refractivity contribution in [2.75, 3.05) is 25.0 Å². The largest absolute Gasteiger partial charge is 0.373 e. The van der Waals surface area contributed by atoms with Crippen molar-refractivity contribution in [2.24, 2.45) is 5.92 Å². The summed E-state index contributed by atoms with van der Waals surface area (Å²) in [5.74, 6) is 0.858. The Morgan fingerprint density at radius 2 is 1.80 bits per heavy atom. The van der Waals surface area contributed by atoms with Gasteiger partial charge >= 0.3 is 0 Å². The summed E-state index contributed by atoms with van der Waals surface area (Å²) < 4.78 is 0. The molecule has 2 rings (SSSR count). The van der Waals surface area contributed by atoms with E-state index in [0.29, 0.717) is 6.04 Å². The van der Waals surface area contributed by atoms with Gasteiger partial charge in [-0.25, -0.2) is 0 Å². The zero-order chi connectivity index (χ0) is 14.4. The van der Waals surface area contributed by atoms with Crippen molar-refractivity contribution in [3.63, 3.8) is 0 Å². The molecule has 1 aromatic rings. The molecule has 1 aromatic carbocycles. The minimum atomic E-state index is 0.631. The number of anilines is 1. The van der Waals surface area contributed by atoms with Crippen molar-refractivity contribution in [3.8, 4) is 0 Å². The molecule has 1 unspecified atom stereocenters. The fraction of sp³-hybridized carbons (Fsp3) is 0.667. The van der Waals surface area contributed by atoms with Crippen molar-refractivity contribution >= 4 is 5.69 Å². The number of aryl methyl sites for hydroxylation is 1. The molecule has 112 valence electrons. The maximum absolute atomic E-state index is 3.72. The third-order valence-corrected chi connectivity index (χ3v) is 4.63. The summed E-state index contributed by atoms with van der Waals surface area (Å²) in [7, 11) is 2.22. The molecule has 0 spiro atoms. The molecule has 0 aliphatic heterocycles. The van der Waals surface area contributed by atoms with Crippen LogP contribution in [0.5, 0.6) is 0 Å². The van der Waals surface area contributed by atoms with Gasteiger partial charge in [-0.2, -0.15) is 0 Å². The molecule has 1 saturated carbocycles. The molecule has 2 heteroatoms. The van der Waals surface area contributed by atoms with E-state index in [2.05, 4.69) is 55.4 Å². The lowest BCUT2D eigenvalue weighted by molar-refractivity contribution is 0.273. The fourth-order valence-electron chi connectivity index (χ4n) is 3.38. The Morgan fingerprint density at radius 1 is 1.15 bits per heavy atom. The first kappa shape index (κ1) is 15.4. The Bertz CT molecular complexity index is 379. The van der Waals surface area contributed by atoms with Gasteiger partial charge in [0.05, 0.1) is 0 Å². The molecule has 0 aromatic heterocycles. The molecule has 1 N–H and O–H groups in total. The van der Waals surface area contributed by atoms with E-state index in [9.17, 15) is 0 Å². The van der Waals surface area contributed by atoms with Crippen LogP contribution in [0.3, 0.4) is 0 Å². The normalized spacial score (nSPS) is 17.9. The highest BCUT2D eigenvalue weighted by Gasteiger charge is 2.24. The lowest BCUT2D eigenvalue weighted by Crippen LogP contribution is -2.45. The lowest BCUT2D eigenvalue weighted by Gasteiger charge is -2.34. The van der Waals surface area contributed by atoms with Gasteiger partial charge in [-0.05, 0) is 44.4 Å². The van der Waals surface area contributed by atoms with Crippen molar-refractivity contribution < 1.29 is 0 Å². The molecule has 0 radical (unpaired) electrons. The summed E-state index contributed by atoms with van der Waals surface area (Å²) in [5.41, 5.74) is 2.66. The average Bonchev–Trinajstić information content (AvgIpc) is 2.48. The van der Waals surface area contributed by atoms with Crippen LogP contribution in [0, 0.1) is 12.8 Å². The number of rotatable bonds is 6. The molecule has 1 aliphatic rings. The van der Waals surface area contributed by atoms with Gasteiger partial charge in [0.15, 0.2) is 0 Å². The Hall–Kier alpha value is -1.02. The maximum Gasteiger partial charge on any atom is 0.0364 e. The first-order valence-electron chi connectivity index (χ1n) is 8.22. The summed E-state index contributed by atoms with van der Waals surface area (Å²) in [6.45, 7) is 6.55. The van der Waals surface area contributed by atoms with Gasteiger partial charge in [-0.1, -0.05) is 43.9 Å². The Morgan fingerprint density at radius 3 is 2.40 bits per heavy atom. The van der Waals surface area contributed by atoms with E-state index in [1.165, 1.54) is 43.4 Å². The fourth-order valence-corrected chi connectivity index (χ4v) is 3.38. The molecule has 0 heterocycles. The van der Waals surface area contributed by atoms with Gasteiger partial charge in [0.25, 0.3) is 0 Å². The summed E-state index contributed by atoms with van der Waals surface area (Å²) in [6.07, 6.45) is 7.07. The van der Waals surface area contributed by atoms with E-state index < -0.39 is 0 Å². The molecule has 0 amide bonds. The predicted molar refractivity (Wildman–Crippen MR) is 88.5 cm³/mol. The van der Waals surface area contributed by atoms with E-state index in [1.807, 2.05) is 0 Å². The molecule has 20 heavy (non-hydrogen) atoms. The highest BCUT2D eigenvalue weighted by atomic mass is 15.1. The highest BCUT2D eigenvalue weighted by molar-refractivity contribution is 5.46. The van der Waals surface area contributed by atoms with Crippen LogP contribution in [0.25, 0.3) is 0 Å². The van der Waals surface area contributed by atoms with Crippen molar-refractivity contribution in [1.29, 1.82) is 0 Å². The summed E-state index contributed by atoms with van der Waals surface area (Å²) in [4.78, 5) is 2.40. The average molecular weight is 274 g/mol. The number of hydrogen-bond acceptors (Lipinski definition) is 2. The molecule has 1 aliphatic carbocycles. The zero-order valence-corrected chi connectivity index (χ0v) is 13.4. The van der Waals surface area contributed by atoms with E-state index in [-0.39, 0.29) is 0 Å². The number of hydrogen-bond donors (Lipinski definition) is 1. The van der Waals surface area contributed by atoms with Gasteiger partial charge in [-0.3, -0.25) is 0 Å². The van der Waals surface area contributed by atoms with Gasteiger partial charge in [0.1, 0.15) is 0 Å². The van der Waals surface area contributed by atoms with E-state index >= 15 is 0 Å². The standard InChI is InChI=1S/C18H30N2/c1-4-19-18(16-8-6-5-7-9-16)14-20(3)17-12-10-15(2)11-13-17/h10-13,16,18-19H,4-9,14H2,1-3H3. The number of benzene rings is 1. The van der Waals surface area contributed by atoms with E-state index in [1.54, 1.807) is 0 Å². The van der Waals surface area contributed by atoms with E-state index in [0.717, 1.165) is 19.0 Å². The van der Waals surface area contributed by atoms with Crippen LogP contribution in [-0.4, -0.2) is 26.2 Å². The van der Waals surface area contributed by atoms with Gasteiger partial charge in [0.2, 0.25) is 0 Å². The molecule has 0 saturated heterocycles. The van der Waals surface area contributed by atoms with Crippen molar-refractivity contribution in [2.45, 2.75) is 52.0 Å². The smallest absolute Gasteiger partial charge is 0.0364 e. The van der Waals surface area contributed by atoms with E-state index in [4.69, 9.17) is 0 Å². The first-order valence-corrected chi connectivity index (χ1v) is 8.22. The predicted octanol–water partition coefficient (Wildman–Crippen LogP) is 3.99. The number of nitrogens with one attached hydrogen (secondary N) is 1. The third kappa shape index (κ3) is 4.24. The second-order valence-electron chi connectivity index (χ2n) is 6.28. The Kier molecular flexibility index (Phi) is 5.90. The number of nitrogens with zero attached hydrogens (tertiary/aromatic N) is 1. The number of likely N-dealkylation sites (N-methyl/N-ethyl adjacent to an activating group) is 2. The van der Waals surface area contributed by atoms with Crippen LogP contribution in [0.1, 0.15) is 44.6 Å². The van der Waals surface area contributed by atoms with Crippen LogP contribution in [0.4, 0.5) is 5.69 Å². The molecule has 0 bridgehead atoms. The second kappa shape index (κ2) is 7.68. The van der Waals surface area contributed by atoms with Crippen LogP contribution in [0.15, 0.2) is 24.3 Å². The van der Waals surface area contributed by atoms with Crippen LogP contribution in [-0.2, 0) is 0 Å². The van der Waals surface area contributed by atoms with Gasteiger partial charge in [0, 0.05) is 25.3 Å². The topological polar surface area (TPSA) is 15.3 Å². The van der Waals surface area contributed by atoms with Gasteiger partial charge in [-0.15, -0.1) is 0 Å². The highest BCUT2D eigenvalue weighted by Crippen LogP contribution is 2.27. The summed E-state index contributed by atoms with van der Waals surface area (Å²) >= 11 is 0. The Labute approximate surface area is 124 Å². The summed E-state index contributed by atoms with van der Waals surface area (Å²) in [6, 6.07) is 9.51. The lowest BCUT2D eigenvalue weighted by atomic mass is 9.83. The van der Waals surface area contributed by atoms with Crippen molar-refractivity contribution in [1.82, 2.24) is 5.32 Å². The molecule has 1 fully saturated rings. The monoisotopic (exact) mass is 274 g/mol. The van der Waals surface area contributed by atoms with Gasteiger partial charge < -0.3 is 10.2 Å². The zero-order valence-electron chi connectivity index (χ0n) is 13.4. The Balaban J connectivity index is 1.97. The first-order chi connectivity index (χ1) is 9.70. The van der Waals surface area contributed by atoms with Crippen LogP contribution >= 0.6 is 0 Å². The second-order valence-corrected chi connectivity index (χ2v) is 6.28. The SMILES string of the molecule is CCNC(CN(C)c1ccc(C)cc1)C1CCCCC1. The van der Waals surface area contributed by atoms with Crippen LogP contribution in [0.2, 0.25) is 0 Å².